The monoisotopic (exact) mass is 225 g/mol. The van der Waals surface area contributed by atoms with Gasteiger partial charge in [0, 0.05) is 12.5 Å². The van der Waals surface area contributed by atoms with Crippen LogP contribution >= 0.6 is 0 Å². The molecule has 1 aromatic heterocycles. The molecule has 0 bridgehead atoms. The van der Waals surface area contributed by atoms with Gasteiger partial charge in [-0.2, -0.15) is 0 Å². The minimum atomic E-state index is -0.157. The van der Waals surface area contributed by atoms with Crippen molar-refractivity contribution in [3.8, 4) is 0 Å². The van der Waals surface area contributed by atoms with Gasteiger partial charge in [-0.15, -0.1) is 0 Å². The van der Waals surface area contributed by atoms with Crippen LogP contribution in [0.2, 0.25) is 0 Å². The maximum atomic E-state index is 11.1. The van der Waals surface area contributed by atoms with E-state index in [0.717, 1.165) is 11.5 Å². The van der Waals surface area contributed by atoms with Gasteiger partial charge < -0.3 is 4.42 Å². The van der Waals surface area contributed by atoms with E-state index in [4.69, 9.17) is 10.3 Å². The van der Waals surface area contributed by atoms with E-state index in [1.807, 2.05) is 37.9 Å². The highest BCUT2D eigenvalue weighted by molar-refractivity contribution is 5.75. The summed E-state index contributed by atoms with van der Waals surface area (Å²) in [6.07, 6.45) is 0.382. The van der Waals surface area contributed by atoms with Crippen molar-refractivity contribution in [3.63, 3.8) is 0 Å². The Hall–Kier alpha value is -1.33. The minimum Gasteiger partial charge on any atom is -0.465 e. The summed E-state index contributed by atoms with van der Waals surface area (Å²) in [6, 6.07) is 4.00. The van der Waals surface area contributed by atoms with Gasteiger partial charge in [-0.05, 0) is 33.0 Å². The van der Waals surface area contributed by atoms with E-state index in [2.05, 4.69) is 5.43 Å². The molecule has 0 aliphatic carbocycles. The van der Waals surface area contributed by atoms with E-state index in [1.165, 1.54) is 0 Å². The molecule has 5 heteroatoms. The number of carbonyl (C=O) groups is 1. The number of amides is 1. The summed E-state index contributed by atoms with van der Waals surface area (Å²) in [5.74, 6) is 6.68. The van der Waals surface area contributed by atoms with Gasteiger partial charge in [0.1, 0.15) is 11.5 Å². The molecule has 0 aliphatic rings. The van der Waals surface area contributed by atoms with E-state index in [-0.39, 0.29) is 11.9 Å². The molecule has 0 saturated heterocycles. The molecule has 16 heavy (non-hydrogen) atoms. The fraction of sp³-hybridized carbons (Fsp3) is 0.545. The van der Waals surface area contributed by atoms with Crippen LogP contribution in [0.1, 0.15) is 24.9 Å². The number of hydrazine groups is 1. The van der Waals surface area contributed by atoms with E-state index in [1.54, 1.807) is 0 Å². The summed E-state index contributed by atoms with van der Waals surface area (Å²) in [6.45, 7) is 4.58. The third-order valence-corrected chi connectivity index (χ3v) is 2.60. The highest BCUT2D eigenvalue weighted by Crippen LogP contribution is 2.11. The Labute approximate surface area is 95.6 Å². The number of nitrogens with one attached hydrogen (secondary N) is 1. The molecule has 0 radical (unpaired) electrons. The van der Waals surface area contributed by atoms with Crippen molar-refractivity contribution in [2.24, 2.45) is 5.84 Å². The number of aryl methyl sites for hydroxylation is 1. The average Bonchev–Trinajstić information content (AvgIpc) is 2.63. The van der Waals surface area contributed by atoms with E-state index in [9.17, 15) is 4.79 Å². The second-order valence-electron chi connectivity index (χ2n) is 4.05. The van der Waals surface area contributed by atoms with Crippen LogP contribution in [0.15, 0.2) is 16.5 Å². The van der Waals surface area contributed by atoms with Gasteiger partial charge in [0.2, 0.25) is 5.91 Å². The predicted octanol–water partition coefficient (Wildman–Crippen LogP) is 0.788. The number of furan rings is 1. The van der Waals surface area contributed by atoms with Crippen LogP contribution in [0.5, 0.6) is 0 Å². The normalized spacial score (nSPS) is 12.8. The van der Waals surface area contributed by atoms with E-state index < -0.39 is 0 Å². The van der Waals surface area contributed by atoms with Crippen molar-refractivity contribution < 1.29 is 9.21 Å². The maximum absolute atomic E-state index is 11.1. The lowest BCUT2D eigenvalue weighted by molar-refractivity contribution is -0.122. The Bertz CT molecular complexity index is 349. The summed E-state index contributed by atoms with van der Waals surface area (Å²) in [5.41, 5.74) is 2.13. The smallest absolute Gasteiger partial charge is 0.235 e. The molecule has 1 atom stereocenters. The summed E-state index contributed by atoms with van der Waals surface area (Å²) < 4.78 is 5.47. The SMILES string of the molecule is Cc1ccc(CN(C)C(C)CC(=O)NN)o1. The Kier molecular flexibility index (Phi) is 4.52. The quantitative estimate of drug-likeness (QED) is 0.441. The molecular weight excluding hydrogens is 206 g/mol. The van der Waals surface area contributed by atoms with Gasteiger partial charge in [0.15, 0.2) is 0 Å². The fourth-order valence-corrected chi connectivity index (χ4v) is 1.45. The molecule has 90 valence electrons. The molecule has 1 amide bonds. The zero-order valence-electron chi connectivity index (χ0n) is 9.99. The number of carbonyl (C=O) groups excluding carboxylic acids is 1. The topological polar surface area (TPSA) is 71.5 Å². The zero-order valence-corrected chi connectivity index (χ0v) is 9.99. The molecule has 0 fully saturated rings. The molecule has 1 aromatic rings. The lowest BCUT2D eigenvalue weighted by Gasteiger charge is -2.22. The Balaban J connectivity index is 2.45. The second-order valence-corrected chi connectivity index (χ2v) is 4.05. The van der Waals surface area contributed by atoms with Crippen molar-refractivity contribution in [2.45, 2.75) is 32.9 Å². The molecule has 3 N–H and O–H groups in total. The largest absolute Gasteiger partial charge is 0.465 e. The minimum absolute atomic E-state index is 0.119. The van der Waals surface area contributed by atoms with Gasteiger partial charge >= 0.3 is 0 Å². The first kappa shape index (κ1) is 12.7. The highest BCUT2D eigenvalue weighted by atomic mass is 16.3. The van der Waals surface area contributed by atoms with Gasteiger partial charge in [-0.1, -0.05) is 0 Å². The molecule has 1 unspecified atom stereocenters. The van der Waals surface area contributed by atoms with Crippen molar-refractivity contribution in [1.82, 2.24) is 10.3 Å². The van der Waals surface area contributed by atoms with Gasteiger partial charge in [0.25, 0.3) is 0 Å². The molecule has 1 rings (SSSR count). The van der Waals surface area contributed by atoms with Gasteiger partial charge in [-0.25, -0.2) is 5.84 Å². The lowest BCUT2D eigenvalue weighted by Crippen LogP contribution is -2.37. The van der Waals surface area contributed by atoms with Crippen molar-refractivity contribution in [2.75, 3.05) is 7.05 Å². The van der Waals surface area contributed by atoms with Crippen LogP contribution in [0.3, 0.4) is 0 Å². The van der Waals surface area contributed by atoms with E-state index in [0.29, 0.717) is 13.0 Å². The van der Waals surface area contributed by atoms with Crippen LogP contribution in [-0.2, 0) is 11.3 Å². The summed E-state index contributed by atoms with van der Waals surface area (Å²) in [7, 11) is 1.95. The van der Waals surface area contributed by atoms with Gasteiger partial charge in [0.05, 0.1) is 6.54 Å². The first-order valence-corrected chi connectivity index (χ1v) is 5.28. The predicted molar refractivity (Wildman–Crippen MR) is 61.3 cm³/mol. The first-order chi connectivity index (χ1) is 7.52. The number of nitrogens with two attached hydrogens (primary N) is 1. The van der Waals surface area contributed by atoms with Crippen LogP contribution < -0.4 is 11.3 Å². The second kappa shape index (κ2) is 5.67. The van der Waals surface area contributed by atoms with Gasteiger partial charge in [-0.3, -0.25) is 15.1 Å². The summed E-state index contributed by atoms with van der Waals surface area (Å²) >= 11 is 0. The Morgan fingerprint density at radius 2 is 2.31 bits per heavy atom. The molecule has 0 saturated carbocycles. The number of hydrogen-bond donors (Lipinski definition) is 2. The van der Waals surface area contributed by atoms with Crippen LogP contribution in [0.25, 0.3) is 0 Å². The highest BCUT2D eigenvalue weighted by Gasteiger charge is 2.14. The molecule has 5 nitrogen and oxygen atoms in total. The van der Waals surface area contributed by atoms with Crippen LogP contribution in [0, 0.1) is 6.92 Å². The molecule has 0 aromatic carbocycles. The molecule has 0 aliphatic heterocycles. The Morgan fingerprint density at radius 3 is 2.81 bits per heavy atom. The van der Waals surface area contributed by atoms with Crippen molar-refractivity contribution in [3.05, 3.63) is 23.7 Å². The lowest BCUT2D eigenvalue weighted by atomic mass is 10.2. The number of nitrogens with zero attached hydrogens (tertiary/aromatic N) is 1. The van der Waals surface area contributed by atoms with Crippen LogP contribution in [0.4, 0.5) is 0 Å². The molecule has 0 spiro atoms. The fourth-order valence-electron chi connectivity index (χ4n) is 1.45. The number of hydrogen-bond acceptors (Lipinski definition) is 4. The summed E-state index contributed by atoms with van der Waals surface area (Å²) in [4.78, 5) is 13.1. The average molecular weight is 225 g/mol. The summed E-state index contributed by atoms with van der Waals surface area (Å²) in [5, 5.41) is 0. The third kappa shape index (κ3) is 3.67. The standard InChI is InChI=1S/C11H19N3O2/c1-8(6-11(15)13-12)14(3)7-10-5-4-9(2)16-10/h4-5,8H,6-7,12H2,1-3H3,(H,13,15). The Morgan fingerprint density at radius 1 is 1.62 bits per heavy atom. The van der Waals surface area contributed by atoms with E-state index >= 15 is 0 Å². The zero-order chi connectivity index (χ0) is 12.1. The first-order valence-electron chi connectivity index (χ1n) is 5.28. The molecule has 1 heterocycles. The maximum Gasteiger partial charge on any atom is 0.235 e. The van der Waals surface area contributed by atoms with Crippen molar-refractivity contribution in [1.29, 1.82) is 0 Å². The van der Waals surface area contributed by atoms with Crippen LogP contribution in [-0.4, -0.2) is 23.9 Å². The third-order valence-electron chi connectivity index (χ3n) is 2.60. The molecular formula is C11H19N3O2. The number of rotatable bonds is 5. The van der Waals surface area contributed by atoms with Crippen molar-refractivity contribution >= 4 is 5.91 Å².